The first-order chi connectivity index (χ1) is 10.1. The monoisotopic (exact) mass is 294 g/mol. The molecule has 1 unspecified atom stereocenters. The van der Waals surface area contributed by atoms with Gasteiger partial charge in [-0.1, -0.05) is 19.8 Å². The first kappa shape index (κ1) is 16.6. The number of rotatable bonds is 7. The minimum absolute atomic E-state index is 0.508. The molecule has 122 valence electrons. The van der Waals surface area contributed by atoms with Crippen LogP contribution in [0, 0.1) is 5.41 Å². The van der Waals surface area contributed by atoms with Crippen LogP contribution >= 0.6 is 0 Å². The summed E-state index contributed by atoms with van der Waals surface area (Å²) in [7, 11) is 4.11. The molecule has 2 rings (SSSR count). The molecule has 0 heterocycles. The van der Waals surface area contributed by atoms with E-state index >= 15 is 0 Å². The molecule has 4 nitrogen and oxygen atoms in total. The molecule has 0 radical (unpaired) electrons. The third-order valence-corrected chi connectivity index (χ3v) is 5.65. The van der Waals surface area contributed by atoms with Gasteiger partial charge in [-0.2, -0.15) is 0 Å². The van der Waals surface area contributed by atoms with E-state index in [0.29, 0.717) is 11.5 Å². The number of hydrogen-bond donors (Lipinski definition) is 2. The Balaban J connectivity index is 1.72. The molecule has 2 aliphatic carbocycles. The topological polar surface area (TPSA) is 39.7 Å². The fourth-order valence-corrected chi connectivity index (χ4v) is 3.50. The van der Waals surface area contributed by atoms with E-state index in [9.17, 15) is 0 Å². The third kappa shape index (κ3) is 4.60. The van der Waals surface area contributed by atoms with Crippen molar-refractivity contribution in [3.63, 3.8) is 0 Å². The van der Waals surface area contributed by atoms with E-state index < -0.39 is 0 Å². The molecule has 0 spiro atoms. The number of guanidine groups is 1. The van der Waals surface area contributed by atoms with Gasteiger partial charge in [0, 0.05) is 32.2 Å². The Morgan fingerprint density at radius 1 is 1.29 bits per heavy atom. The van der Waals surface area contributed by atoms with E-state index in [4.69, 9.17) is 0 Å². The highest BCUT2D eigenvalue weighted by Gasteiger charge is 2.32. The molecule has 2 fully saturated rings. The lowest BCUT2D eigenvalue weighted by molar-refractivity contribution is 0.246. The van der Waals surface area contributed by atoms with Crippen molar-refractivity contribution in [3.05, 3.63) is 0 Å². The fraction of sp³-hybridized carbons (Fsp3) is 0.941. The second-order valence-corrected chi connectivity index (χ2v) is 7.11. The number of aliphatic imine (C=N–C) groups is 1. The second kappa shape index (κ2) is 7.48. The van der Waals surface area contributed by atoms with Gasteiger partial charge in [0.15, 0.2) is 5.96 Å². The van der Waals surface area contributed by atoms with Gasteiger partial charge in [-0.3, -0.25) is 9.89 Å². The largest absolute Gasteiger partial charge is 0.356 e. The smallest absolute Gasteiger partial charge is 0.191 e. The summed E-state index contributed by atoms with van der Waals surface area (Å²) in [4.78, 5) is 6.87. The van der Waals surface area contributed by atoms with Gasteiger partial charge in [-0.25, -0.2) is 0 Å². The van der Waals surface area contributed by atoms with E-state index in [0.717, 1.165) is 25.1 Å². The third-order valence-electron chi connectivity index (χ3n) is 5.65. The maximum Gasteiger partial charge on any atom is 0.191 e. The maximum atomic E-state index is 4.38. The molecule has 1 atom stereocenters. The second-order valence-electron chi connectivity index (χ2n) is 7.11. The maximum absolute atomic E-state index is 4.38. The SMILES string of the molecule is CCC1(CNC(=NC)NCC(C)N(C)C2CC2)CCCC1. The van der Waals surface area contributed by atoms with Crippen molar-refractivity contribution in [3.8, 4) is 0 Å². The molecule has 2 saturated carbocycles. The lowest BCUT2D eigenvalue weighted by Crippen LogP contribution is -2.47. The summed E-state index contributed by atoms with van der Waals surface area (Å²) >= 11 is 0. The van der Waals surface area contributed by atoms with Gasteiger partial charge in [-0.15, -0.1) is 0 Å². The molecule has 4 heteroatoms. The van der Waals surface area contributed by atoms with Crippen LogP contribution in [0.3, 0.4) is 0 Å². The summed E-state index contributed by atoms with van der Waals surface area (Å²) in [5, 5.41) is 7.06. The molecule has 0 bridgehead atoms. The molecular formula is C17H34N4. The van der Waals surface area contributed by atoms with Gasteiger partial charge < -0.3 is 10.6 Å². The lowest BCUT2D eigenvalue weighted by atomic mass is 9.83. The Morgan fingerprint density at radius 3 is 2.48 bits per heavy atom. The van der Waals surface area contributed by atoms with Crippen molar-refractivity contribution in [2.75, 3.05) is 27.2 Å². The molecule has 21 heavy (non-hydrogen) atoms. The highest BCUT2D eigenvalue weighted by atomic mass is 15.2. The standard InChI is InChI=1S/C17H34N4/c1-5-17(10-6-7-11-17)13-20-16(18-3)19-12-14(2)21(4)15-8-9-15/h14-15H,5-13H2,1-4H3,(H2,18,19,20). The van der Waals surface area contributed by atoms with E-state index in [1.54, 1.807) is 0 Å². The Morgan fingerprint density at radius 2 is 1.95 bits per heavy atom. The van der Waals surface area contributed by atoms with Crippen LogP contribution in [-0.4, -0.2) is 50.1 Å². The van der Waals surface area contributed by atoms with Crippen molar-refractivity contribution in [2.45, 2.75) is 70.9 Å². The quantitative estimate of drug-likeness (QED) is 0.560. The Kier molecular flexibility index (Phi) is 5.91. The molecule has 0 saturated heterocycles. The zero-order valence-electron chi connectivity index (χ0n) is 14.4. The number of hydrogen-bond acceptors (Lipinski definition) is 2. The van der Waals surface area contributed by atoms with Crippen LogP contribution in [0.15, 0.2) is 4.99 Å². The van der Waals surface area contributed by atoms with Crippen molar-refractivity contribution < 1.29 is 0 Å². The summed E-state index contributed by atoms with van der Waals surface area (Å²) in [6.07, 6.45) is 9.54. The summed E-state index contributed by atoms with van der Waals surface area (Å²) in [6.45, 7) is 6.65. The predicted octanol–water partition coefficient (Wildman–Crippen LogP) is 2.60. The molecule has 2 N–H and O–H groups in total. The minimum atomic E-state index is 0.508. The minimum Gasteiger partial charge on any atom is -0.356 e. The van der Waals surface area contributed by atoms with E-state index in [1.165, 1.54) is 44.9 Å². The van der Waals surface area contributed by atoms with Gasteiger partial charge in [-0.05, 0) is 51.5 Å². The van der Waals surface area contributed by atoms with Crippen LogP contribution in [0.1, 0.15) is 58.8 Å². The number of likely N-dealkylation sites (N-methyl/N-ethyl adjacent to an activating group) is 1. The summed E-state index contributed by atoms with van der Waals surface area (Å²) < 4.78 is 0. The van der Waals surface area contributed by atoms with Crippen molar-refractivity contribution in [2.24, 2.45) is 10.4 Å². The van der Waals surface area contributed by atoms with Gasteiger partial charge in [0.05, 0.1) is 0 Å². The van der Waals surface area contributed by atoms with E-state index in [-0.39, 0.29) is 0 Å². The van der Waals surface area contributed by atoms with Gasteiger partial charge in [0.2, 0.25) is 0 Å². The van der Waals surface area contributed by atoms with Gasteiger partial charge in [0.1, 0.15) is 0 Å². The van der Waals surface area contributed by atoms with Crippen LogP contribution in [-0.2, 0) is 0 Å². The average molecular weight is 294 g/mol. The summed E-state index contributed by atoms with van der Waals surface area (Å²) in [6, 6.07) is 1.38. The molecule has 0 aromatic carbocycles. The van der Waals surface area contributed by atoms with E-state index in [2.05, 4.69) is 41.4 Å². The molecule has 0 aromatic heterocycles. The van der Waals surface area contributed by atoms with Crippen LogP contribution in [0.4, 0.5) is 0 Å². The van der Waals surface area contributed by atoms with Crippen molar-refractivity contribution in [1.82, 2.24) is 15.5 Å². The average Bonchev–Trinajstić information content (AvgIpc) is 3.25. The molecular weight excluding hydrogens is 260 g/mol. The van der Waals surface area contributed by atoms with Crippen LogP contribution in [0.25, 0.3) is 0 Å². The lowest BCUT2D eigenvalue weighted by Gasteiger charge is -2.29. The fourth-order valence-electron chi connectivity index (χ4n) is 3.50. The van der Waals surface area contributed by atoms with Gasteiger partial charge >= 0.3 is 0 Å². The molecule has 0 amide bonds. The summed E-state index contributed by atoms with van der Waals surface area (Å²) in [5.74, 6) is 0.964. The zero-order chi connectivity index (χ0) is 15.3. The highest BCUT2D eigenvalue weighted by molar-refractivity contribution is 5.79. The first-order valence-corrected chi connectivity index (χ1v) is 8.76. The Hall–Kier alpha value is -0.770. The van der Waals surface area contributed by atoms with Crippen molar-refractivity contribution >= 4 is 5.96 Å². The Bertz CT molecular complexity index is 343. The van der Waals surface area contributed by atoms with Crippen LogP contribution in [0.5, 0.6) is 0 Å². The molecule has 0 aliphatic heterocycles. The zero-order valence-corrected chi connectivity index (χ0v) is 14.4. The number of nitrogens with zero attached hydrogens (tertiary/aromatic N) is 2. The Labute approximate surface area is 130 Å². The predicted molar refractivity (Wildman–Crippen MR) is 90.8 cm³/mol. The highest BCUT2D eigenvalue weighted by Crippen LogP contribution is 2.40. The molecule has 2 aliphatic rings. The normalized spacial score (nSPS) is 23.4. The number of nitrogens with one attached hydrogen (secondary N) is 2. The van der Waals surface area contributed by atoms with Gasteiger partial charge in [0.25, 0.3) is 0 Å². The van der Waals surface area contributed by atoms with Crippen LogP contribution < -0.4 is 10.6 Å². The van der Waals surface area contributed by atoms with E-state index in [1.807, 2.05) is 7.05 Å². The first-order valence-electron chi connectivity index (χ1n) is 8.76. The summed E-state index contributed by atoms with van der Waals surface area (Å²) in [5.41, 5.74) is 0.508. The molecule has 0 aromatic rings. The van der Waals surface area contributed by atoms with Crippen molar-refractivity contribution in [1.29, 1.82) is 0 Å². The van der Waals surface area contributed by atoms with Crippen LogP contribution in [0.2, 0.25) is 0 Å².